The van der Waals surface area contributed by atoms with Crippen LogP contribution < -0.4 is 15.4 Å². The number of carbonyl (C=O) groups excluding carboxylic acids is 1. The van der Waals surface area contributed by atoms with Crippen LogP contribution in [0.15, 0.2) is 65.6 Å². The normalized spacial score (nSPS) is 18.4. The molecule has 1 atom stereocenters. The average Bonchev–Trinajstić information content (AvgIpc) is 2.91. The molecule has 3 heterocycles. The Kier molecular flexibility index (Phi) is 7.07. The third-order valence-electron chi connectivity index (χ3n) is 7.46. The van der Waals surface area contributed by atoms with Crippen LogP contribution in [0.25, 0.3) is 0 Å². The monoisotopic (exact) mass is 485 g/mol. The van der Waals surface area contributed by atoms with E-state index in [1.807, 2.05) is 35.2 Å². The highest BCUT2D eigenvalue weighted by molar-refractivity contribution is 5.80. The highest BCUT2D eigenvalue weighted by atomic mass is 16.2. The molecule has 0 bridgehead atoms. The van der Waals surface area contributed by atoms with Gasteiger partial charge in [-0.25, -0.2) is 4.68 Å². The lowest BCUT2D eigenvalue weighted by molar-refractivity contribution is -0.136. The molecule has 36 heavy (non-hydrogen) atoms. The molecule has 0 saturated carbocycles. The van der Waals surface area contributed by atoms with Crippen molar-refractivity contribution in [3.63, 3.8) is 0 Å². The van der Waals surface area contributed by atoms with E-state index in [1.165, 1.54) is 21.5 Å². The van der Waals surface area contributed by atoms with Crippen LogP contribution in [0.5, 0.6) is 0 Å². The van der Waals surface area contributed by atoms with Gasteiger partial charge in [0, 0.05) is 51.0 Å². The van der Waals surface area contributed by atoms with Gasteiger partial charge in [-0.05, 0) is 49.4 Å². The number of benzene rings is 2. The van der Waals surface area contributed by atoms with E-state index < -0.39 is 0 Å². The van der Waals surface area contributed by atoms with Crippen LogP contribution in [0.4, 0.5) is 11.4 Å². The molecule has 3 aromatic rings. The molecule has 0 radical (unpaired) electrons. The standard InChI is InChI=1S/C29H35N5O2/c1-22-10-11-23(2)27(17-22)31-13-15-32(16-14-31)29(36)25-9-6-12-33(21-25)26-18-28(35)34(30-19-26)20-24-7-4-3-5-8-24/h3-5,7-8,10-11,17-19,25H,6,9,12-16,20-21H2,1-2H3. The van der Waals surface area contributed by atoms with E-state index >= 15 is 0 Å². The molecule has 0 N–H and O–H groups in total. The number of carbonyl (C=O) groups is 1. The van der Waals surface area contributed by atoms with Crippen molar-refractivity contribution >= 4 is 17.3 Å². The second-order valence-corrected chi connectivity index (χ2v) is 10.1. The molecule has 2 aliphatic heterocycles. The SMILES string of the molecule is Cc1ccc(C)c(N2CCN(C(=O)C3CCCN(c4cnn(Cc5ccccc5)c(=O)c4)C3)CC2)c1. The van der Waals surface area contributed by atoms with E-state index in [0.717, 1.165) is 56.8 Å². The summed E-state index contributed by atoms with van der Waals surface area (Å²) in [4.78, 5) is 32.7. The number of anilines is 2. The summed E-state index contributed by atoms with van der Waals surface area (Å²) in [5.41, 5.74) is 5.55. The van der Waals surface area contributed by atoms with E-state index in [-0.39, 0.29) is 17.4 Å². The number of aromatic nitrogens is 2. The third kappa shape index (κ3) is 5.30. The van der Waals surface area contributed by atoms with E-state index in [0.29, 0.717) is 13.1 Å². The minimum Gasteiger partial charge on any atom is -0.369 e. The van der Waals surface area contributed by atoms with Crippen molar-refractivity contribution in [2.45, 2.75) is 33.2 Å². The minimum absolute atomic E-state index is 0.0437. The van der Waals surface area contributed by atoms with Crippen LogP contribution in [-0.4, -0.2) is 59.9 Å². The number of aryl methyl sites for hydroxylation is 2. The van der Waals surface area contributed by atoms with Crippen molar-refractivity contribution in [2.24, 2.45) is 5.92 Å². The van der Waals surface area contributed by atoms with Crippen LogP contribution in [-0.2, 0) is 11.3 Å². The fourth-order valence-electron chi connectivity index (χ4n) is 5.37. The Morgan fingerprint density at radius 1 is 0.944 bits per heavy atom. The van der Waals surface area contributed by atoms with Crippen molar-refractivity contribution < 1.29 is 4.79 Å². The Morgan fingerprint density at radius 2 is 1.72 bits per heavy atom. The molecule has 0 spiro atoms. The molecule has 1 amide bonds. The quantitative estimate of drug-likeness (QED) is 0.554. The molecule has 2 aromatic carbocycles. The van der Waals surface area contributed by atoms with Crippen LogP contribution in [0.3, 0.4) is 0 Å². The topological polar surface area (TPSA) is 61.7 Å². The maximum atomic E-state index is 13.4. The van der Waals surface area contributed by atoms with Gasteiger partial charge in [0.25, 0.3) is 5.56 Å². The number of rotatable bonds is 5. The predicted molar refractivity (Wildman–Crippen MR) is 144 cm³/mol. The summed E-state index contributed by atoms with van der Waals surface area (Å²) < 4.78 is 1.49. The van der Waals surface area contributed by atoms with Gasteiger partial charge in [-0.15, -0.1) is 0 Å². The molecule has 7 heteroatoms. The lowest BCUT2D eigenvalue weighted by Crippen LogP contribution is -2.52. The summed E-state index contributed by atoms with van der Waals surface area (Å²) in [5, 5.41) is 4.42. The third-order valence-corrected chi connectivity index (χ3v) is 7.46. The van der Waals surface area contributed by atoms with Gasteiger partial charge in [0.15, 0.2) is 0 Å². The molecular weight excluding hydrogens is 450 g/mol. The van der Waals surface area contributed by atoms with Crippen LogP contribution in [0.2, 0.25) is 0 Å². The maximum absolute atomic E-state index is 13.4. The summed E-state index contributed by atoms with van der Waals surface area (Å²) in [5.74, 6) is 0.198. The fraction of sp³-hybridized carbons (Fsp3) is 0.414. The lowest BCUT2D eigenvalue weighted by Gasteiger charge is -2.40. The summed E-state index contributed by atoms with van der Waals surface area (Å²) in [6, 6.07) is 18.1. The number of hydrogen-bond donors (Lipinski definition) is 0. The molecular formula is C29H35N5O2. The van der Waals surface area contributed by atoms with Gasteiger partial charge in [0.1, 0.15) is 0 Å². The van der Waals surface area contributed by atoms with Crippen molar-refractivity contribution in [3.8, 4) is 0 Å². The van der Waals surface area contributed by atoms with E-state index in [1.54, 1.807) is 12.3 Å². The second-order valence-electron chi connectivity index (χ2n) is 10.1. The second kappa shape index (κ2) is 10.6. The number of piperidine rings is 1. The average molecular weight is 486 g/mol. The summed E-state index contributed by atoms with van der Waals surface area (Å²) in [7, 11) is 0. The van der Waals surface area contributed by atoms with Crippen molar-refractivity contribution in [3.05, 3.63) is 87.8 Å². The number of piperazine rings is 1. The Balaban J connectivity index is 1.20. The number of nitrogens with zero attached hydrogens (tertiary/aromatic N) is 5. The van der Waals surface area contributed by atoms with E-state index in [2.05, 4.69) is 46.9 Å². The fourth-order valence-corrected chi connectivity index (χ4v) is 5.37. The summed E-state index contributed by atoms with van der Waals surface area (Å²) in [6.45, 7) is 9.42. The first-order valence-corrected chi connectivity index (χ1v) is 12.9. The van der Waals surface area contributed by atoms with Crippen LogP contribution >= 0.6 is 0 Å². The molecule has 0 aliphatic carbocycles. The smallest absolute Gasteiger partial charge is 0.269 e. The molecule has 1 unspecified atom stereocenters. The molecule has 2 aliphatic rings. The Morgan fingerprint density at radius 3 is 2.47 bits per heavy atom. The number of amides is 1. The Labute approximate surface area is 212 Å². The first kappa shape index (κ1) is 24.1. The van der Waals surface area contributed by atoms with Gasteiger partial charge in [-0.1, -0.05) is 42.5 Å². The van der Waals surface area contributed by atoms with Gasteiger partial charge in [0.05, 0.1) is 24.3 Å². The zero-order valence-corrected chi connectivity index (χ0v) is 21.3. The van der Waals surface area contributed by atoms with Crippen molar-refractivity contribution in [2.75, 3.05) is 49.1 Å². The van der Waals surface area contributed by atoms with Gasteiger partial charge in [0.2, 0.25) is 5.91 Å². The zero-order chi connectivity index (χ0) is 25.1. The first-order valence-electron chi connectivity index (χ1n) is 12.9. The Bertz CT molecular complexity index is 1260. The highest BCUT2D eigenvalue weighted by Gasteiger charge is 2.31. The lowest BCUT2D eigenvalue weighted by atomic mass is 9.95. The van der Waals surface area contributed by atoms with Crippen molar-refractivity contribution in [1.29, 1.82) is 0 Å². The minimum atomic E-state index is -0.118. The zero-order valence-electron chi connectivity index (χ0n) is 21.3. The van der Waals surface area contributed by atoms with Crippen LogP contribution in [0, 0.1) is 19.8 Å². The molecule has 188 valence electrons. The number of hydrogen-bond acceptors (Lipinski definition) is 5. The van der Waals surface area contributed by atoms with Gasteiger partial charge in [-0.2, -0.15) is 5.10 Å². The molecule has 2 fully saturated rings. The first-order chi connectivity index (χ1) is 17.5. The summed E-state index contributed by atoms with van der Waals surface area (Å²) >= 11 is 0. The molecule has 1 aromatic heterocycles. The largest absolute Gasteiger partial charge is 0.369 e. The van der Waals surface area contributed by atoms with Gasteiger partial charge in [-0.3, -0.25) is 9.59 Å². The Hall–Kier alpha value is -3.61. The molecule has 7 nitrogen and oxygen atoms in total. The highest BCUT2D eigenvalue weighted by Crippen LogP contribution is 2.26. The van der Waals surface area contributed by atoms with E-state index in [9.17, 15) is 9.59 Å². The van der Waals surface area contributed by atoms with E-state index in [4.69, 9.17) is 0 Å². The molecule has 5 rings (SSSR count). The van der Waals surface area contributed by atoms with Gasteiger partial charge < -0.3 is 14.7 Å². The maximum Gasteiger partial charge on any atom is 0.269 e. The predicted octanol–water partition coefficient (Wildman–Crippen LogP) is 3.47. The van der Waals surface area contributed by atoms with Crippen molar-refractivity contribution in [1.82, 2.24) is 14.7 Å². The van der Waals surface area contributed by atoms with Gasteiger partial charge >= 0.3 is 0 Å². The van der Waals surface area contributed by atoms with Crippen LogP contribution in [0.1, 0.15) is 29.5 Å². The summed E-state index contributed by atoms with van der Waals surface area (Å²) in [6.07, 6.45) is 3.59. The molecule has 2 saturated heterocycles.